The third-order valence-corrected chi connectivity index (χ3v) is 9.71. The molecule has 1 spiro atoms. The van der Waals surface area contributed by atoms with Gasteiger partial charge in [-0.15, -0.1) is 0 Å². The summed E-state index contributed by atoms with van der Waals surface area (Å²) in [6, 6.07) is 12.9. The van der Waals surface area contributed by atoms with Crippen LogP contribution >= 0.6 is 23.2 Å². The summed E-state index contributed by atoms with van der Waals surface area (Å²) in [6.45, 7) is 18.9. The van der Waals surface area contributed by atoms with Crippen molar-refractivity contribution in [3.05, 3.63) is 75.8 Å². The summed E-state index contributed by atoms with van der Waals surface area (Å²) in [5, 5.41) is 3.95. The van der Waals surface area contributed by atoms with E-state index in [-0.39, 0.29) is 24.8 Å². The number of esters is 1. The first-order valence-electron chi connectivity index (χ1n) is 14.4. The van der Waals surface area contributed by atoms with E-state index in [1.165, 1.54) is 10.9 Å². The Morgan fingerprint density at radius 2 is 1.77 bits per heavy atom. The van der Waals surface area contributed by atoms with Crippen molar-refractivity contribution in [3.8, 4) is 0 Å². The molecule has 2 amide bonds. The molecule has 1 N–H and O–H groups in total. The molecule has 4 rings (SSSR count). The fourth-order valence-electron chi connectivity index (χ4n) is 5.84. The summed E-state index contributed by atoms with van der Waals surface area (Å²) < 4.78 is 10.5. The van der Waals surface area contributed by atoms with Crippen molar-refractivity contribution in [3.63, 3.8) is 0 Å². The molecule has 1 fully saturated rings. The SMILES string of the molecule is C=C(C)[C@@H]1N(CC(=O)OC(C)(C)C)C(=O)C[C@@H](c2cccc(Cl)c2)[C@]12C(=O)Nc1cc(Cl)ccc12.COCC[Si](C)(C)C. The van der Waals surface area contributed by atoms with Crippen LogP contribution in [0.3, 0.4) is 0 Å². The van der Waals surface area contributed by atoms with E-state index in [2.05, 4.69) is 31.5 Å². The van der Waals surface area contributed by atoms with E-state index in [9.17, 15) is 14.4 Å². The molecule has 7 nitrogen and oxygen atoms in total. The minimum absolute atomic E-state index is 0.00239. The van der Waals surface area contributed by atoms with Crippen molar-refractivity contribution in [1.29, 1.82) is 0 Å². The molecule has 0 aliphatic carbocycles. The molecule has 0 radical (unpaired) electrons. The van der Waals surface area contributed by atoms with Gasteiger partial charge in [-0.05, 0) is 69.1 Å². The lowest BCUT2D eigenvalue weighted by Gasteiger charge is -2.51. The van der Waals surface area contributed by atoms with Crippen molar-refractivity contribution in [2.45, 2.75) is 82.8 Å². The maximum absolute atomic E-state index is 14.0. The molecule has 2 aromatic carbocycles. The molecule has 0 aromatic heterocycles. The van der Waals surface area contributed by atoms with Crippen LogP contribution in [0.15, 0.2) is 54.6 Å². The number of halogens is 2. The summed E-state index contributed by atoms with van der Waals surface area (Å²) >= 11 is 12.6. The molecule has 2 aliphatic heterocycles. The highest BCUT2D eigenvalue weighted by Crippen LogP contribution is 2.56. The van der Waals surface area contributed by atoms with Crippen LogP contribution in [0.2, 0.25) is 35.7 Å². The minimum atomic E-state index is -1.24. The topological polar surface area (TPSA) is 84.9 Å². The zero-order valence-corrected chi connectivity index (χ0v) is 29.0. The fourth-order valence-corrected chi connectivity index (χ4v) is 7.03. The highest BCUT2D eigenvalue weighted by molar-refractivity contribution is 6.76. The van der Waals surface area contributed by atoms with Crippen LogP contribution in [-0.2, 0) is 29.3 Å². The summed E-state index contributed by atoms with van der Waals surface area (Å²) in [6.07, 6.45) is 0.00239. The molecular weight excluding hydrogens is 603 g/mol. The molecule has 2 aromatic rings. The molecule has 3 atom stereocenters. The smallest absolute Gasteiger partial charge is 0.326 e. The highest BCUT2D eigenvalue weighted by atomic mass is 35.5. The Kier molecular flexibility index (Phi) is 11.0. The average molecular weight is 648 g/mol. The van der Waals surface area contributed by atoms with Gasteiger partial charge in [0.2, 0.25) is 11.8 Å². The molecule has 234 valence electrons. The van der Waals surface area contributed by atoms with Crippen molar-refractivity contribution in [1.82, 2.24) is 4.90 Å². The van der Waals surface area contributed by atoms with Gasteiger partial charge in [0.1, 0.15) is 17.6 Å². The van der Waals surface area contributed by atoms with Crippen LogP contribution in [0, 0.1) is 0 Å². The first kappa shape index (κ1) is 34.8. The number of hydrogen-bond acceptors (Lipinski definition) is 5. The molecule has 0 unspecified atom stereocenters. The second-order valence-corrected chi connectivity index (χ2v) is 20.0. The zero-order valence-electron chi connectivity index (χ0n) is 26.5. The summed E-state index contributed by atoms with van der Waals surface area (Å²) in [5.74, 6) is -1.65. The van der Waals surface area contributed by atoms with Gasteiger partial charge >= 0.3 is 5.97 Å². The number of fused-ring (bicyclic) bond motifs is 2. The third-order valence-electron chi connectivity index (χ3n) is 7.54. The number of benzene rings is 2. The molecule has 43 heavy (non-hydrogen) atoms. The normalized spacial score (nSPS) is 21.6. The van der Waals surface area contributed by atoms with Crippen molar-refractivity contribution in [2.75, 3.05) is 25.6 Å². The number of hydrogen-bond donors (Lipinski definition) is 1. The minimum Gasteiger partial charge on any atom is -0.459 e. The quantitative estimate of drug-likeness (QED) is 0.192. The van der Waals surface area contributed by atoms with E-state index in [1.54, 1.807) is 65.1 Å². The lowest BCUT2D eigenvalue weighted by Crippen LogP contribution is -2.64. The van der Waals surface area contributed by atoms with Gasteiger partial charge in [-0.3, -0.25) is 14.4 Å². The van der Waals surface area contributed by atoms with Gasteiger partial charge in [-0.25, -0.2) is 0 Å². The number of methoxy groups -OCH3 is 1. The van der Waals surface area contributed by atoms with Gasteiger partial charge in [0.15, 0.2) is 0 Å². The lowest BCUT2D eigenvalue weighted by atomic mass is 9.58. The lowest BCUT2D eigenvalue weighted by molar-refractivity contribution is -0.163. The van der Waals surface area contributed by atoms with Crippen molar-refractivity contribution < 1.29 is 23.9 Å². The Hall–Kier alpha value is -2.65. The number of carbonyl (C=O) groups is 3. The molecule has 1 saturated heterocycles. The van der Waals surface area contributed by atoms with Gasteiger partial charge in [0.05, 0.1) is 6.04 Å². The van der Waals surface area contributed by atoms with E-state index < -0.39 is 37.0 Å². The Labute approximate surface area is 266 Å². The molecule has 2 aliphatic rings. The Balaban J connectivity index is 0.000000557. The van der Waals surface area contributed by atoms with Gasteiger partial charge in [0, 0.05) is 49.9 Å². The van der Waals surface area contributed by atoms with Crippen LogP contribution < -0.4 is 5.32 Å². The largest absolute Gasteiger partial charge is 0.459 e. The van der Waals surface area contributed by atoms with Crippen LogP contribution in [0.4, 0.5) is 5.69 Å². The van der Waals surface area contributed by atoms with Gasteiger partial charge in [-0.1, -0.05) is 73.2 Å². The second kappa shape index (κ2) is 13.5. The molecular formula is C33H44Cl2N2O5Si. The van der Waals surface area contributed by atoms with Crippen molar-refractivity contribution >= 4 is 54.7 Å². The van der Waals surface area contributed by atoms with Crippen LogP contribution in [0.5, 0.6) is 0 Å². The first-order chi connectivity index (χ1) is 19.9. The Bertz CT molecular complexity index is 1380. The summed E-state index contributed by atoms with van der Waals surface area (Å²) in [4.78, 5) is 41.8. The first-order valence-corrected chi connectivity index (χ1v) is 18.9. The van der Waals surface area contributed by atoms with E-state index in [4.69, 9.17) is 32.7 Å². The predicted octanol–water partition coefficient (Wildman–Crippen LogP) is 7.46. The third kappa shape index (κ3) is 8.09. The van der Waals surface area contributed by atoms with Crippen LogP contribution in [-0.4, -0.2) is 62.7 Å². The predicted molar refractivity (Wildman–Crippen MR) is 177 cm³/mol. The van der Waals surface area contributed by atoms with Gasteiger partial charge in [-0.2, -0.15) is 0 Å². The average Bonchev–Trinajstić information content (AvgIpc) is 3.14. The summed E-state index contributed by atoms with van der Waals surface area (Å²) in [5.41, 5.74) is 0.647. The maximum Gasteiger partial charge on any atom is 0.326 e. The maximum atomic E-state index is 14.0. The van der Waals surface area contributed by atoms with E-state index >= 15 is 0 Å². The standard InChI is InChI=1S/C27H28Cl2N2O4.C6H16OSi/c1-15(2)24-27(19-10-9-18(29)12-21(19)30-25(27)34)20(16-7-6-8-17(28)11-16)13-22(32)31(24)14-23(33)35-26(3,4)5;1-7-5-6-8(2,3)4/h6-12,20,24H,1,13-14H2,2-5H3,(H,30,34);5-6H2,1-4H3/t20-,24-,27-;/m0./s1. The number of carbonyl (C=O) groups excluding carboxylic acids is 3. The number of rotatable bonds is 7. The van der Waals surface area contributed by atoms with E-state index in [0.29, 0.717) is 26.9 Å². The number of likely N-dealkylation sites (tertiary alicyclic amines) is 1. The molecule has 2 heterocycles. The number of nitrogens with one attached hydrogen (secondary N) is 1. The van der Waals surface area contributed by atoms with E-state index in [0.717, 1.165) is 12.2 Å². The monoisotopic (exact) mass is 646 g/mol. The summed E-state index contributed by atoms with van der Waals surface area (Å²) in [7, 11) is 0.961. The number of nitrogens with zero attached hydrogens (tertiary/aromatic N) is 1. The Morgan fingerprint density at radius 3 is 2.30 bits per heavy atom. The van der Waals surface area contributed by atoms with Crippen LogP contribution in [0.1, 0.15) is 51.2 Å². The van der Waals surface area contributed by atoms with Crippen LogP contribution in [0.25, 0.3) is 0 Å². The molecule has 0 bridgehead atoms. The fraction of sp³-hybridized carbons (Fsp3) is 0.485. The number of anilines is 1. The van der Waals surface area contributed by atoms with Crippen molar-refractivity contribution in [2.24, 2.45) is 0 Å². The number of amides is 2. The Morgan fingerprint density at radius 1 is 1.12 bits per heavy atom. The number of piperidine rings is 1. The second-order valence-electron chi connectivity index (χ2n) is 13.5. The van der Waals surface area contributed by atoms with Gasteiger partial charge in [0.25, 0.3) is 0 Å². The zero-order chi connectivity index (χ0) is 32.3. The number of ether oxygens (including phenoxy) is 2. The molecule has 0 saturated carbocycles. The highest BCUT2D eigenvalue weighted by Gasteiger charge is 2.63. The molecule has 10 heteroatoms. The van der Waals surface area contributed by atoms with Gasteiger partial charge < -0.3 is 19.7 Å². The van der Waals surface area contributed by atoms with E-state index in [1.807, 2.05) is 12.1 Å².